The largest absolute Gasteiger partial charge is 0.476 e. The molecule has 5 nitrogen and oxygen atoms in total. The van der Waals surface area contributed by atoms with Crippen LogP contribution in [-0.2, 0) is 25.7 Å². The summed E-state index contributed by atoms with van der Waals surface area (Å²) in [6.07, 6.45) is -3.85. The van der Waals surface area contributed by atoms with Gasteiger partial charge < -0.3 is 5.11 Å². The van der Waals surface area contributed by atoms with E-state index in [2.05, 4.69) is 10.00 Å². The Bertz CT molecular complexity index is 786. The molecule has 0 fully saturated rings. The lowest BCUT2D eigenvalue weighted by Crippen LogP contribution is -2.40. The van der Waals surface area contributed by atoms with Gasteiger partial charge in [0.15, 0.2) is 5.69 Å². The van der Waals surface area contributed by atoms with Gasteiger partial charge in [0.1, 0.15) is 0 Å². The molecule has 0 unspecified atom stereocenters. The number of rotatable bonds is 4. The third-order valence-corrected chi connectivity index (χ3v) is 4.46. The Balaban J connectivity index is 1.70. The van der Waals surface area contributed by atoms with E-state index in [1.54, 1.807) is 16.8 Å². The fourth-order valence-corrected chi connectivity index (χ4v) is 3.11. The fraction of sp³-hybridized carbons (Fsp3) is 0.412. The Kier molecular flexibility index (Phi) is 4.55. The van der Waals surface area contributed by atoms with Crippen molar-refractivity contribution in [3.63, 3.8) is 0 Å². The summed E-state index contributed by atoms with van der Waals surface area (Å²) in [7, 11) is 0. The normalized spacial score (nSPS) is 16.5. The van der Waals surface area contributed by atoms with E-state index in [1.165, 1.54) is 12.1 Å². The van der Waals surface area contributed by atoms with Crippen LogP contribution in [0.25, 0.3) is 0 Å². The minimum absolute atomic E-state index is 0.0161. The summed E-state index contributed by atoms with van der Waals surface area (Å²) >= 11 is 0. The number of carboxylic acid groups (broad SMARTS) is 1. The Morgan fingerprint density at radius 2 is 2.08 bits per heavy atom. The third-order valence-electron chi connectivity index (χ3n) is 4.46. The first-order valence-electron chi connectivity index (χ1n) is 7.94. The van der Waals surface area contributed by atoms with Gasteiger partial charge in [-0.25, -0.2) is 4.79 Å². The third kappa shape index (κ3) is 3.84. The number of hydrogen-bond donors (Lipinski definition) is 1. The molecule has 0 aliphatic carbocycles. The number of nitrogens with zero attached hydrogens (tertiary/aromatic N) is 3. The summed E-state index contributed by atoms with van der Waals surface area (Å²) in [5.41, 5.74) is 0.814. The van der Waals surface area contributed by atoms with Gasteiger partial charge in [0, 0.05) is 19.1 Å². The highest BCUT2D eigenvalue weighted by Crippen LogP contribution is 2.30. The van der Waals surface area contributed by atoms with E-state index in [0.717, 1.165) is 11.8 Å². The van der Waals surface area contributed by atoms with E-state index in [0.29, 0.717) is 31.6 Å². The quantitative estimate of drug-likeness (QED) is 0.918. The molecule has 3 rings (SSSR count). The van der Waals surface area contributed by atoms with Crippen molar-refractivity contribution in [2.45, 2.75) is 38.7 Å². The molecule has 0 spiro atoms. The van der Waals surface area contributed by atoms with Gasteiger partial charge in [-0.1, -0.05) is 18.2 Å². The number of halogens is 3. The van der Waals surface area contributed by atoms with Crippen molar-refractivity contribution < 1.29 is 23.1 Å². The predicted octanol–water partition coefficient (Wildman–Crippen LogP) is 3.05. The predicted molar refractivity (Wildman–Crippen MR) is 84.2 cm³/mol. The molecule has 134 valence electrons. The number of aromatic carboxylic acids is 1. The van der Waals surface area contributed by atoms with Gasteiger partial charge in [-0.15, -0.1) is 0 Å². The van der Waals surface area contributed by atoms with E-state index >= 15 is 0 Å². The molecular formula is C17H18F3N3O2. The van der Waals surface area contributed by atoms with Gasteiger partial charge in [0.05, 0.1) is 17.8 Å². The molecule has 0 radical (unpaired) electrons. The van der Waals surface area contributed by atoms with E-state index in [9.17, 15) is 18.0 Å². The molecule has 1 atom stereocenters. The lowest BCUT2D eigenvalue weighted by atomic mass is 10.0. The highest BCUT2D eigenvalue weighted by atomic mass is 19.4. The summed E-state index contributed by atoms with van der Waals surface area (Å²) in [6.45, 7) is 3.73. The van der Waals surface area contributed by atoms with Gasteiger partial charge in [0.2, 0.25) is 0 Å². The topological polar surface area (TPSA) is 58.4 Å². The summed E-state index contributed by atoms with van der Waals surface area (Å²) in [6, 6.07) is 6.96. The highest BCUT2D eigenvalue weighted by molar-refractivity contribution is 5.85. The standard InChI is InChI=1S/C17H18F3N3O2/c1-11(7-12-3-2-4-13(8-12)17(18,19)20)22-5-6-23-14(10-22)9-15(21-23)16(24)25/h2-4,8-9,11H,5-7,10H2,1H3,(H,24,25)/t11-/m1/s1. The van der Waals surface area contributed by atoms with Crippen molar-refractivity contribution in [3.05, 3.63) is 52.8 Å². The molecule has 8 heteroatoms. The second kappa shape index (κ2) is 6.51. The number of alkyl halides is 3. The Labute approximate surface area is 142 Å². The van der Waals surface area contributed by atoms with Crippen LogP contribution in [0.3, 0.4) is 0 Å². The maximum Gasteiger partial charge on any atom is 0.416 e. The average molecular weight is 353 g/mol. The van der Waals surface area contributed by atoms with Crippen LogP contribution in [0.1, 0.15) is 34.2 Å². The Morgan fingerprint density at radius 1 is 1.32 bits per heavy atom. The minimum atomic E-state index is -4.34. The monoisotopic (exact) mass is 353 g/mol. The van der Waals surface area contributed by atoms with Crippen LogP contribution in [0.15, 0.2) is 30.3 Å². The van der Waals surface area contributed by atoms with Crippen LogP contribution < -0.4 is 0 Å². The van der Waals surface area contributed by atoms with Crippen molar-refractivity contribution in [2.24, 2.45) is 0 Å². The summed E-state index contributed by atoms with van der Waals surface area (Å²) in [5.74, 6) is -1.06. The lowest BCUT2D eigenvalue weighted by molar-refractivity contribution is -0.137. The molecule has 0 bridgehead atoms. The van der Waals surface area contributed by atoms with Crippen molar-refractivity contribution in [3.8, 4) is 0 Å². The Morgan fingerprint density at radius 3 is 2.76 bits per heavy atom. The van der Waals surface area contributed by atoms with Gasteiger partial charge in [-0.3, -0.25) is 9.58 Å². The number of carbonyl (C=O) groups is 1. The van der Waals surface area contributed by atoms with Crippen molar-refractivity contribution in [2.75, 3.05) is 6.54 Å². The van der Waals surface area contributed by atoms with Gasteiger partial charge in [-0.2, -0.15) is 18.3 Å². The molecule has 2 heterocycles. The van der Waals surface area contributed by atoms with Gasteiger partial charge in [0.25, 0.3) is 0 Å². The average Bonchev–Trinajstić information content (AvgIpc) is 2.97. The molecule has 0 amide bonds. The van der Waals surface area contributed by atoms with E-state index < -0.39 is 17.7 Å². The molecule has 1 aliphatic rings. The maximum atomic E-state index is 12.8. The summed E-state index contributed by atoms with van der Waals surface area (Å²) in [4.78, 5) is 13.1. The van der Waals surface area contributed by atoms with Gasteiger partial charge in [-0.05, 0) is 31.0 Å². The molecule has 2 aromatic rings. The molecule has 0 saturated carbocycles. The van der Waals surface area contributed by atoms with Crippen LogP contribution >= 0.6 is 0 Å². The smallest absolute Gasteiger partial charge is 0.416 e. The summed E-state index contributed by atoms with van der Waals surface area (Å²) < 4.78 is 40.2. The molecule has 0 saturated heterocycles. The van der Waals surface area contributed by atoms with Crippen molar-refractivity contribution in [1.29, 1.82) is 0 Å². The number of hydrogen-bond acceptors (Lipinski definition) is 3. The van der Waals surface area contributed by atoms with E-state index in [-0.39, 0.29) is 11.7 Å². The first kappa shape index (κ1) is 17.5. The molecule has 1 aromatic heterocycles. The molecular weight excluding hydrogens is 335 g/mol. The number of fused-ring (bicyclic) bond motifs is 1. The zero-order valence-corrected chi connectivity index (χ0v) is 13.6. The van der Waals surface area contributed by atoms with Gasteiger partial charge >= 0.3 is 12.1 Å². The van der Waals surface area contributed by atoms with E-state index in [4.69, 9.17) is 5.11 Å². The maximum absolute atomic E-state index is 12.8. The number of benzene rings is 1. The van der Waals surface area contributed by atoms with Crippen LogP contribution in [0.5, 0.6) is 0 Å². The van der Waals surface area contributed by atoms with Crippen molar-refractivity contribution in [1.82, 2.24) is 14.7 Å². The lowest BCUT2D eigenvalue weighted by Gasteiger charge is -2.33. The molecule has 1 aromatic carbocycles. The van der Waals surface area contributed by atoms with Crippen LogP contribution in [-0.4, -0.2) is 38.3 Å². The fourth-order valence-electron chi connectivity index (χ4n) is 3.11. The minimum Gasteiger partial charge on any atom is -0.476 e. The second-order valence-corrected chi connectivity index (χ2v) is 6.27. The van der Waals surface area contributed by atoms with Crippen LogP contribution in [0.2, 0.25) is 0 Å². The Hall–Kier alpha value is -2.35. The highest BCUT2D eigenvalue weighted by Gasteiger charge is 2.30. The molecule has 25 heavy (non-hydrogen) atoms. The SMILES string of the molecule is C[C@H](Cc1cccc(C(F)(F)F)c1)N1CCn2nc(C(=O)O)cc2C1. The van der Waals surface area contributed by atoms with Crippen LogP contribution in [0, 0.1) is 0 Å². The zero-order valence-electron chi connectivity index (χ0n) is 13.6. The number of aromatic nitrogens is 2. The van der Waals surface area contributed by atoms with E-state index in [1.807, 2.05) is 6.92 Å². The molecule has 1 N–H and O–H groups in total. The second-order valence-electron chi connectivity index (χ2n) is 6.27. The molecule has 1 aliphatic heterocycles. The summed E-state index contributed by atoms with van der Waals surface area (Å²) in [5, 5.41) is 13.0. The zero-order chi connectivity index (χ0) is 18.2. The first-order chi connectivity index (χ1) is 11.7. The first-order valence-corrected chi connectivity index (χ1v) is 7.94. The van der Waals surface area contributed by atoms with Crippen molar-refractivity contribution >= 4 is 5.97 Å². The van der Waals surface area contributed by atoms with Crippen LogP contribution in [0.4, 0.5) is 13.2 Å². The number of carboxylic acids is 1.